The van der Waals surface area contributed by atoms with Gasteiger partial charge < -0.3 is 9.30 Å². The van der Waals surface area contributed by atoms with Crippen molar-refractivity contribution in [2.24, 2.45) is 0 Å². The second kappa shape index (κ2) is 5.52. The van der Waals surface area contributed by atoms with Crippen LogP contribution in [0.5, 0.6) is 5.75 Å². The van der Waals surface area contributed by atoms with E-state index in [9.17, 15) is 19.3 Å². The Morgan fingerprint density at radius 1 is 1.40 bits per heavy atom. The van der Waals surface area contributed by atoms with Gasteiger partial charge in [0, 0.05) is 12.3 Å². The number of hydrogen-bond donors (Lipinski definition) is 0. The lowest BCUT2D eigenvalue weighted by Crippen LogP contribution is -2.22. The summed E-state index contributed by atoms with van der Waals surface area (Å²) < 4.78 is 19.5. The molecule has 0 atom stereocenters. The van der Waals surface area contributed by atoms with Gasteiger partial charge in [-0.15, -0.1) is 0 Å². The summed E-state index contributed by atoms with van der Waals surface area (Å²) in [5.41, 5.74) is -0.735. The first-order chi connectivity index (χ1) is 9.52. The summed E-state index contributed by atoms with van der Waals surface area (Å²) >= 11 is 0. The van der Waals surface area contributed by atoms with Crippen LogP contribution in [-0.4, -0.2) is 16.6 Å². The van der Waals surface area contributed by atoms with Crippen molar-refractivity contribution in [2.75, 3.05) is 7.11 Å². The van der Waals surface area contributed by atoms with Gasteiger partial charge in [-0.3, -0.25) is 14.9 Å². The summed E-state index contributed by atoms with van der Waals surface area (Å²) in [4.78, 5) is 21.8. The van der Waals surface area contributed by atoms with Crippen molar-refractivity contribution in [3.05, 3.63) is 68.4 Å². The van der Waals surface area contributed by atoms with Gasteiger partial charge in [0.05, 0.1) is 18.6 Å². The first kappa shape index (κ1) is 13.7. The molecule has 0 saturated carbocycles. The minimum Gasteiger partial charge on any atom is -0.494 e. The molecule has 0 saturated heterocycles. The van der Waals surface area contributed by atoms with Crippen molar-refractivity contribution in [1.29, 1.82) is 0 Å². The van der Waals surface area contributed by atoms with Crippen LogP contribution in [0, 0.1) is 15.9 Å². The van der Waals surface area contributed by atoms with Gasteiger partial charge in [0.1, 0.15) is 0 Å². The number of aromatic nitrogens is 1. The van der Waals surface area contributed by atoms with Gasteiger partial charge >= 0.3 is 11.2 Å². The number of pyridine rings is 1. The lowest BCUT2D eigenvalue weighted by molar-refractivity contribution is -0.386. The molecule has 0 bridgehead atoms. The topological polar surface area (TPSA) is 74.4 Å². The Bertz CT molecular complexity index is 712. The molecule has 6 nitrogen and oxygen atoms in total. The standard InChI is InChI=1S/C13H11FN2O4/c1-20-12-5-4-9(7-10(12)14)8-15-6-2-3-11(13(15)17)16(18)19/h2-7H,8H2,1H3. The maximum atomic E-state index is 13.5. The van der Waals surface area contributed by atoms with Crippen LogP contribution in [0.2, 0.25) is 0 Å². The fourth-order valence-electron chi connectivity index (χ4n) is 1.79. The molecule has 0 spiro atoms. The molecular weight excluding hydrogens is 267 g/mol. The van der Waals surface area contributed by atoms with Crippen molar-refractivity contribution < 1.29 is 14.1 Å². The second-order valence-corrected chi connectivity index (χ2v) is 4.05. The molecule has 2 rings (SSSR count). The summed E-state index contributed by atoms with van der Waals surface area (Å²) in [5.74, 6) is -0.455. The van der Waals surface area contributed by atoms with Gasteiger partial charge in [-0.05, 0) is 23.8 Å². The molecule has 1 aromatic carbocycles. The zero-order chi connectivity index (χ0) is 14.7. The average Bonchev–Trinajstić information content (AvgIpc) is 2.41. The van der Waals surface area contributed by atoms with E-state index in [1.165, 1.54) is 31.5 Å². The molecular formula is C13H11FN2O4. The highest BCUT2D eigenvalue weighted by molar-refractivity contribution is 5.30. The normalized spacial score (nSPS) is 10.3. The average molecular weight is 278 g/mol. The number of hydrogen-bond acceptors (Lipinski definition) is 4. The highest BCUT2D eigenvalue weighted by atomic mass is 19.1. The first-order valence-corrected chi connectivity index (χ1v) is 5.69. The van der Waals surface area contributed by atoms with Crippen LogP contribution in [0.1, 0.15) is 5.56 Å². The largest absolute Gasteiger partial charge is 0.494 e. The predicted molar refractivity (Wildman–Crippen MR) is 69.4 cm³/mol. The smallest absolute Gasteiger partial charge is 0.334 e. The highest BCUT2D eigenvalue weighted by Gasteiger charge is 2.14. The van der Waals surface area contributed by atoms with Crippen molar-refractivity contribution in [3.63, 3.8) is 0 Å². The maximum absolute atomic E-state index is 13.5. The Hall–Kier alpha value is -2.70. The van der Waals surface area contributed by atoms with Crippen LogP contribution in [0.15, 0.2) is 41.3 Å². The molecule has 0 aliphatic carbocycles. The van der Waals surface area contributed by atoms with E-state index >= 15 is 0 Å². The van der Waals surface area contributed by atoms with Crippen LogP contribution >= 0.6 is 0 Å². The minimum atomic E-state index is -0.743. The monoisotopic (exact) mass is 278 g/mol. The highest BCUT2D eigenvalue weighted by Crippen LogP contribution is 2.18. The Balaban J connectivity index is 2.35. The first-order valence-electron chi connectivity index (χ1n) is 5.69. The van der Waals surface area contributed by atoms with Gasteiger partial charge in [0.15, 0.2) is 11.6 Å². The van der Waals surface area contributed by atoms with Crippen molar-refractivity contribution in [1.82, 2.24) is 4.57 Å². The number of ether oxygens (including phenoxy) is 1. The van der Waals surface area contributed by atoms with E-state index in [0.29, 0.717) is 5.56 Å². The van der Waals surface area contributed by atoms with Crippen molar-refractivity contribution >= 4 is 5.69 Å². The molecule has 7 heteroatoms. The number of methoxy groups -OCH3 is 1. The van der Waals surface area contributed by atoms with E-state index in [4.69, 9.17) is 4.74 Å². The van der Waals surface area contributed by atoms with Crippen LogP contribution in [0.3, 0.4) is 0 Å². The third-order valence-electron chi connectivity index (χ3n) is 2.77. The number of nitrogens with zero attached hydrogens (tertiary/aromatic N) is 2. The van der Waals surface area contributed by atoms with Gasteiger partial charge in [-0.25, -0.2) is 4.39 Å². The van der Waals surface area contributed by atoms with Crippen molar-refractivity contribution in [2.45, 2.75) is 6.54 Å². The zero-order valence-corrected chi connectivity index (χ0v) is 10.6. The lowest BCUT2D eigenvalue weighted by Gasteiger charge is -2.07. The Labute approximate surface area is 113 Å². The molecule has 0 fully saturated rings. The SMILES string of the molecule is COc1ccc(Cn2cccc([N+](=O)[O-])c2=O)cc1F. The van der Waals surface area contributed by atoms with Gasteiger partial charge in [0.2, 0.25) is 0 Å². The molecule has 0 radical (unpaired) electrons. The summed E-state index contributed by atoms with van der Waals surface area (Å²) in [5, 5.41) is 10.7. The zero-order valence-electron chi connectivity index (χ0n) is 10.6. The number of nitro groups is 1. The number of rotatable bonds is 4. The quantitative estimate of drug-likeness (QED) is 0.633. The maximum Gasteiger partial charge on any atom is 0.334 e. The number of benzene rings is 1. The minimum absolute atomic E-state index is 0.0431. The molecule has 1 aromatic heterocycles. The molecule has 20 heavy (non-hydrogen) atoms. The Morgan fingerprint density at radius 3 is 2.75 bits per heavy atom. The summed E-state index contributed by atoms with van der Waals surface area (Å²) in [6.07, 6.45) is 1.41. The van der Waals surface area contributed by atoms with Gasteiger partial charge in [-0.1, -0.05) is 6.07 Å². The molecule has 0 unspecified atom stereocenters. The van der Waals surface area contributed by atoms with Crippen LogP contribution in [0.25, 0.3) is 0 Å². The third-order valence-corrected chi connectivity index (χ3v) is 2.77. The van der Waals surface area contributed by atoms with Crippen LogP contribution < -0.4 is 10.3 Å². The summed E-state index contributed by atoms with van der Waals surface area (Å²) in [7, 11) is 1.35. The summed E-state index contributed by atoms with van der Waals surface area (Å²) in [6.45, 7) is 0.0431. The second-order valence-electron chi connectivity index (χ2n) is 4.05. The van der Waals surface area contributed by atoms with E-state index in [1.807, 2.05) is 0 Å². The van der Waals surface area contributed by atoms with E-state index < -0.39 is 22.0 Å². The van der Waals surface area contributed by atoms with Crippen LogP contribution in [-0.2, 0) is 6.54 Å². The molecule has 0 aliphatic heterocycles. The van der Waals surface area contributed by atoms with Gasteiger partial charge in [-0.2, -0.15) is 0 Å². The molecule has 0 aliphatic rings. The fraction of sp³-hybridized carbons (Fsp3) is 0.154. The third kappa shape index (κ3) is 2.66. The van der Waals surface area contributed by atoms with Crippen LogP contribution in [0.4, 0.5) is 10.1 Å². The van der Waals surface area contributed by atoms with E-state index in [-0.39, 0.29) is 12.3 Å². The lowest BCUT2D eigenvalue weighted by atomic mass is 10.2. The van der Waals surface area contributed by atoms with E-state index in [1.54, 1.807) is 6.07 Å². The fourth-order valence-corrected chi connectivity index (χ4v) is 1.79. The number of halogens is 1. The van der Waals surface area contributed by atoms with E-state index in [2.05, 4.69) is 0 Å². The van der Waals surface area contributed by atoms with E-state index in [0.717, 1.165) is 10.6 Å². The molecule has 2 aromatic rings. The Kier molecular flexibility index (Phi) is 3.79. The molecule has 1 heterocycles. The Morgan fingerprint density at radius 2 is 2.15 bits per heavy atom. The van der Waals surface area contributed by atoms with Gasteiger partial charge in [0.25, 0.3) is 0 Å². The van der Waals surface area contributed by atoms with Crippen molar-refractivity contribution in [3.8, 4) is 5.75 Å². The predicted octanol–water partition coefficient (Wildman–Crippen LogP) is 1.95. The molecule has 0 N–H and O–H groups in total. The molecule has 0 amide bonds. The molecule has 104 valence electrons. The summed E-state index contributed by atoms with van der Waals surface area (Å²) in [6, 6.07) is 6.79.